The van der Waals surface area contributed by atoms with E-state index in [1.54, 1.807) is 5.38 Å². The lowest BCUT2D eigenvalue weighted by molar-refractivity contribution is 0.0698. The van der Waals surface area contributed by atoms with E-state index in [4.69, 9.17) is 9.63 Å². The average Bonchev–Trinajstić information content (AvgIpc) is 3.19. The number of hydrogen-bond acceptors (Lipinski definition) is 6. The topological polar surface area (TPSA) is 92.4 Å². The van der Waals surface area contributed by atoms with Gasteiger partial charge in [0.2, 0.25) is 0 Å². The van der Waals surface area contributed by atoms with Crippen molar-refractivity contribution in [3.05, 3.63) is 46.3 Å². The molecule has 3 heterocycles. The number of carboxylic acid groups (broad SMARTS) is 1. The Bertz CT molecular complexity index is 789. The van der Waals surface area contributed by atoms with E-state index in [1.807, 2.05) is 17.5 Å². The van der Waals surface area contributed by atoms with Crippen molar-refractivity contribution in [3.8, 4) is 10.6 Å². The molecule has 3 aromatic rings. The number of carbonyl (C=O) groups excluding carboxylic acids is 1. The Labute approximate surface area is 126 Å². The molecule has 3 aromatic heterocycles. The number of amides is 1. The summed E-state index contributed by atoms with van der Waals surface area (Å²) in [7, 11) is 0. The lowest BCUT2D eigenvalue weighted by atomic mass is 10.3. The van der Waals surface area contributed by atoms with E-state index in [-0.39, 0.29) is 16.3 Å². The highest BCUT2D eigenvalue weighted by molar-refractivity contribution is 7.14. The molecular weight excluding hydrogens is 312 g/mol. The van der Waals surface area contributed by atoms with Crippen LogP contribution in [0.4, 0.5) is 5.00 Å². The van der Waals surface area contributed by atoms with Gasteiger partial charge in [-0.1, -0.05) is 11.2 Å². The summed E-state index contributed by atoms with van der Waals surface area (Å²) in [5, 5.41) is 19.0. The maximum atomic E-state index is 12.1. The standard InChI is InChI=1S/C13H8N2O4S2/c16-11(14-12-7(13(17)18)3-5-21-12)8-6-9(19-15-8)10-2-1-4-20-10/h1-6H,(H,14,16)(H,17,18). The number of nitrogens with one attached hydrogen (secondary N) is 1. The Balaban J connectivity index is 1.80. The van der Waals surface area contributed by atoms with Gasteiger partial charge in [0, 0.05) is 6.07 Å². The van der Waals surface area contributed by atoms with Crippen molar-refractivity contribution in [2.24, 2.45) is 0 Å². The third kappa shape index (κ3) is 2.71. The molecule has 0 bridgehead atoms. The van der Waals surface area contributed by atoms with Crippen LogP contribution in [0.3, 0.4) is 0 Å². The van der Waals surface area contributed by atoms with Crippen molar-refractivity contribution in [3.63, 3.8) is 0 Å². The van der Waals surface area contributed by atoms with Crippen LogP contribution in [0.5, 0.6) is 0 Å². The maximum absolute atomic E-state index is 12.1. The second-order valence-corrected chi connectivity index (χ2v) is 5.84. The first-order valence-electron chi connectivity index (χ1n) is 5.78. The van der Waals surface area contributed by atoms with Gasteiger partial charge in [0.15, 0.2) is 11.5 Å². The van der Waals surface area contributed by atoms with E-state index < -0.39 is 11.9 Å². The zero-order valence-electron chi connectivity index (χ0n) is 10.4. The van der Waals surface area contributed by atoms with Gasteiger partial charge in [-0.2, -0.15) is 0 Å². The van der Waals surface area contributed by atoms with Crippen molar-refractivity contribution in [1.82, 2.24) is 5.16 Å². The molecule has 0 aliphatic heterocycles. The zero-order valence-corrected chi connectivity index (χ0v) is 12.0. The van der Waals surface area contributed by atoms with Gasteiger partial charge < -0.3 is 14.9 Å². The van der Waals surface area contributed by atoms with Crippen LogP contribution in [0.15, 0.2) is 39.5 Å². The van der Waals surface area contributed by atoms with Gasteiger partial charge in [-0.3, -0.25) is 4.79 Å². The highest BCUT2D eigenvalue weighted by atomic mass is 32.1. The minimum Gasteiger partial charge on any atom is -0.478 e. The van der Waals surface area contributed by atoms with Gasteiger partial charge in [0.25, 0.3) is 5.91 Å². The highest BCUT2D eigenvalue weighted by Gasteiger charge is 2.18. The first-order chi connectivity index (χ1) is 10.1. The smallest absolute Gasteiger partial charge is 0.338 e. The molecule has 6 nitrogen and oxygen atoms in total. The fourth-order valence-electron chi connectivity index (χ4n) is 1.66. The normalized spacial score (nSPS) is 10.5. The van der Waals surface area contributed by atoms with Gasteiger partial charge in [-0.15, -0.1) is 22.7 Å². The average molecular weight is 320 g/mol. The molecule has 0 aliphatic carbocycles. The molecule has 21 heavy (non-hydrogen) atoms. The van der Waals surface area contributed by atoms with Gasteiger partial charge in [0.1, 0.15) is 5.00 Å². The number of carboxylic acids is 1. The number of carbonyl (C=O) groups is 2. The van der Waals surface area contributed by atoms with Crippen LogP contribution in [0.2, 0.25) is 0 Å². The van der Waals surface area contributed by atoms with Crippen LogP contribution in [0.1, 0.15) is 20.8 Å². The minimum atomic E-state index is -1.09. The van der Waals surface area contributed by atoms with Crippen LogP contribution < -0.4 is 5.32 Å². The van der Waals surface area contributed by atoms with E-state index in [2.05, 4.69) is 10.5 Å². The van der Waals surface area contributed by atoms with Crippen LogP contribution >= 0.6 is 22.7 Å². The zero-order chi connectivity index (χ0) is 14.8. The third-order valence-electron chi connectivity index (χ3n) is 2.63. The summed E-state index contributed by atoms with van der Waals surface area (Å²) in [6.07, 6.45) is 0. The fourth-order valence-corrected chi connectivity index (χ4v) is 3.11. The lowest BCUT2D eigenvalue weighted by Crippen LogP contribution is -2.13. The number of anilines is 1. The summed E-state index contributed by atoms with van der Waals surface area (Å²) < 4.78 is 5.11. The van der Waals surface area contributed by atoms with Gasteiger partial charge in [-0.25, -0.2) is 4.79 Å². The van der Waals surface area contributed by atoms with Gasteiger partial charge in [-0.05, 0) is 22.9 Å². The Kier molecular flexibility index (Phi) is 3.55. The Morgan fingerprint density at radius 1 is 1.24 bits per heavy atom. The molecule has 0 unspecified atom stereocenters. The van der Waals surface area contributed by atoms with E-state index in [0.29, 0.717) is 5.76 Å². The summed E-state index contributed by atoms with van der Waals surface area (Å²) in [5.41, 5.74) is 0.151. The third-order valence-corrected chi connectivity index (χ3v) is 4.34. The molecule has 0 saturated carbocycles. The predicted molar refractivity (Wildman–Crippen MR) is 79.0 cm³/mol. The summed E-state index contributed by atoms with van der Waals surface area (Å²) in [6, 6.07) is 6.68. The lowest BCUT2D eigenvalue weighted by Gasteiger charge is -2.00. The number of aromatic carboxylic acids is 1. The van der Waals surface area contributed by atoms with Crippen LogP contribution in [-0.2, 0) is 0 Å². The van der Waals surface area contributed by atoms with E-state index in [1.165, 1.54) is 23.5 Å². The highest BCUT2D eigenvalue weighted by Crippen LogP contribution is 2.27. The van der Waals surface area contributed by atoms with Crippen molar-refractivity contribution in [1.29, 1.82) is 0 Å². The SMILES string of the molecule is O=C(Nc1sccc1C(=O)O)c1cc(-c2cccs2)on1. The monoisotopic (exact) mass is 320 g/mol. The summed E-state index contributed by atoms with van der Waals surface area (Å²) >= 11 is 2.61. The molecule has 2 N–H and O–H groups in total. The van der Waals surface area contributed by atoms with Crippen molar-refractivity contribution >= 4 is 39.6 Å². The van der Waals surface area contributed by atoms with E-state index in [0.717, 1.165) is 16.2 Å². The summed E-state index contributed by atoms with van der Waals surface area (Å²) in [6.45, 7) is 0. The molecule has 3 rings (SSSR count). The molecule has 0 aromatic carbocycles. The molecule has 8 heteroatoms. The van der Waals surface area contributed by atoms with E-state index in [9.17, 15) is 9.59 Å². The minimum absolute atomic E-state index is 0.0512. The van der Waals surface area contributed by atoms with Gasteiger partial charge in [0.05, 0.1) is 10.4 Å². The maximum Gasteiger partial charge on any atom is 0.338 e. The molecule has 106 valence electrons. The number of hydrogen-bond donors (Lipinski definition) is 2. The predicted octanol–water partition coefficient (Wildman–Crippen LogP) is 3.42. The number of aromatic nitrogens is 1. The van der Waals surface area contributed by atoms with Gasteiger partial charge >= 0.3 is 5.97 Å². The molecule has 0 aliphatic rings. The van der Waals surface area contributed by atoms with Crippen molar-refractivity contribution in [2.45, 2.75) is 0 Å². The van der Waals surface area contributed by atoms with Crippen molar-refractivity contribution < 1.29 is 19.2 Å². The second kappa shape index (κ2) is 5.51. The molecule has 0 saturated heterocycles. The van der Waals surface area contributed by atoms with Crippen LogP contribution in [0, 0.1) is 0 Å². The molecule has 1 amide bonds. The van der Waals surface area contributed by atoms with Crippen LogP contribution in [0.25, 0.3) is 10.6 Å². The van der Waals surface area contributed by atoms with Crippen molar-refractivity contribution in [2.75, 3.05) is 5.32 Å². The second-order valence-electron chi connectivity index (χ2n) is 3.98. The number of thiophene rings is 2. The molecule has 0 fully saturated rings. The number of rotatable bonds is 4. The Morgan fingerprint density at radius 3 is 2.81 bits per heavy atom. The summed E-state index contributed by atoms with van der Waals surface area (Å²) in [5.74, 6) is -1.10. The molecule has 0 spiro atoms. The van der Waals surface area contributed by atoms with E-state index >= 15 is 0 Å². The number of nitrogens with zero attached hydrogens (tertiary/aromatic N) is 1. The summed E-state index contributed by atoms with van der Waals surface area (Å²) in [4.78, 5) is 23.9. The Hall–Kier alpha value is -2.45. The van der Waals surface area contributed by atoms with Crippen LogP contribution in [-0.4, -0.2) is 22.1 Å². The largest absolute Gasteiger partial charge is 0.478 e. The fraction of sp³-hybridized carbons (Fsp3) is 0. The quantitative estimate of drug-likeness (QED) is 0.768. The molecule has 0 atom stereocenters. The molecular formula is C13H8N2O4S2. The molecule has 0 radical (unpaired) electrons. The Morgan fingerprint density at radius 2 is 2.10 bits per heavy atom. The first-order valence-corrected chi connectivity index (χ1v) is 7.54. The first kappa shape index (κ1) is 13.5.